The van der Waals surface area contributed by atoms with Crippen LogP contribution in [0.1, 0.15) is 20.3 Å². The minimum atomic E-state index is -4.02. The molecule has 0 amide bonds. The zero-order chi connectivity index (χ0) is 8.70. The summed E-state index contributed by atoms with van der Waals surface area (Å²) in [6.07, 6.45) is -3.79. The maximum Gasteiger partial charge on any atom is 0.401 e. The third-order valence-corrected chi connectivity index (χ3v) is 5.15. The molecule has 0 spiro atoms. The molecule has 1 fully saturated rings. The standard InChI is InChI=1S/C6H9F3S2/c1-5(2)3-4(10-11-5)6(7,8)9/h4H,3H2,1-2H3/t4-/m1/s1. The van der Waals surface area contributed by atoms with Crippen LogP contribution in [0.3, 0.4) is 0 Å². The van der Waals surface area contributed by atoms with Crippen LogP contribution in [0.15, 0.2) is 0 Å². The van der Waals surface area contributed by atoms with Gasteiger partial charge in [-0.2, -0.15) is 13.2 Å². The zero-order valence-corrected chi connectivity index (χ0v) is 7.87. The summed E-state index contributed by atoms with van der Waals surface area (Å²) in [6.45, 7) is 3.69. The Kier molecular flexibility index (Phi) is 2.41. The SMILES string of the molecule is CC1(C)C[C@H](C(F)(F)F)SS1. The largest absolute Gasteiger partial charge is 0.401 e. The minimum absolute atomic E-state index is 0.217. The fraction of sp³-hybridized carbons (Fsp3) is 1.00. The van der Waals surface area contributed by atoms with Gasteiger partial charge in [0.05, 0.1) is 0 Å². The van der Waals surface area contributed by atoms with Crippen molar-refractivity contribution in [3.63, 3.8) is 0 Å². The Balaban J connectivity index is 2.55. The van der Waals surface area contributed by atoms with Crippen LogP contribution < -0.4 is 0 Å². The second kappa shape index (κ2) is 2.76. The van der Waals surface area contributed by atoms with Gasteiger partial charge in [-0.05, 0) is 20.3 Å². The molecular formula is C6H9F3S2. The third-order valence-electron chi connectivity index (χ3n) is 1.43. The summed E-state index contributed by atoms with van der Waals surface area (Å²) in [5, 5.41) is -1.16. The summed E-state index contributed by atoms with van der Waals surface area (Å²) in [5.41, 5.74) is 0. The molecule has 0 radical (unpaired) electrons. The van der Waals surface area contributed by atoms with Gasteiger partial charge in [-0.15, -0.1) is 0 Å². The van der Waals surface area contributed by atoms with Crippen LogP contribution >= 0.6 is 21.6 Å². The van der Waals surface area contributed by atoms with Crippen molar-refractivity contribution >= 4 is 21.6 Å². The summed E-state index contributed by atoms with van der Waals surface area (Å²) in [5.74, 6) is 0. The molecule has 66 valence electrons. The van der Waals surface area contributed by atoms with E-state index < -0.39 is 11.4 Å². The maximum atomic E-state index is 12.1. The molecule has 0 unspecified atom stereocenters. The quantitative estimate of drug-likeness (QED) is 0.551. The monoisotopic (exact) mass is 202 g/mol. The summed E-state index contributed by atoms with van der Waals surface area (Å²) in [6, 6.07) is 0. The van der Waals surface area contributed by atoms with Crippen molar-refractivity contribution < 1.29 is 13.2 Å². The highest BCUT2D eigenvalue weighted by Crippen LogP contribution is 2.55. The van der Waals surface area contributed by atoms with E-state index in [1.807, 2.05) is 13.8 Å². The van der Waals surface area contributed by atoms with Gasteiger partial charge in [0, 0.05) is 4.75 Å². The maximum absolute atomic E-state index is 12.1. The van der Waals surface area contributed by atoms with Crippen molar-refractivity contribution in [1.29, 1.82) is 0 Å². The topological polar surface area (TPSA) is 0 Å². The Morgan fingerprint density at radius 2 is 1.91 bits per heavy atom. The fourth-order valence-corrected chi connectivity index (χ4v) is 4.05. The van der Waals surface area contributed by atoms with Gasteiger partial charge < -0.3 is 0 Å². The van der Waals surface area contributed by atoms with E-state index in [0.29, 0.717) is 0 Å². The van der Waals surface area contributed by atoms with Gasteiger partial charge in [0.15, 0.2) is 0 Å². The molecule has 1 heterocycles. The van der Waals surface area contributed by atoms with Crippen LogP contribution in [0.2, 0.25) is 0 Å². The van der Waals surface area contributed by atoms with Crippen LogP contribution in [0.25, 0.3) is 0 Å². The van der Waals surface area contributed by atoms with Crippen LogP contribution in [0, 0.1) is 0 Å². The minimum Gasteiger partial charge on any atom is -0.170 e. The molecule has 0 N–H and O–H groups in total. The Morgan fingerprint density at radius 1 is 1.36 bits per heavy atom. The van der Waals surface area contributed by atoms with Gasteiger partial charge in [0.25, 0.3) is 0 Å². The van der Waals surface area contributed by atoms with Gasteiger partial charge >= 0.3 is 6.18 Å². The molecule has 0 bridgehead atoms. The Hall–Kier alpha value is 0.490. The van der Waals surface area contributed by atoms with Crippen molar-refractivity contribution in [1.82, 2.24) is 0 Å². The van der Waals surface area contributed by atoms with E-state index in [4.69, 9.17) is 0 Å². The Labute approximate surface area is 71.7 Å². The molecule has 5 heteroatoms. The summed E-state index contributed by atoms with van der Waals surface area (Å²) in [7, 11) is 2.28. The summed E-state index contributed by atoms with van der Waals surface area (Å²) < 4.78 is 36.0. The van der Waals surface area contributed by atoms with Crippen LogP contribution in [-0.2, 0) is 0 Å². The first-order valence-corrected chi connectivity index (χ1v) is 5.44. The molecule has 1 atom stereocenters. The summed E-state index contributed by atoms with van der Waals surface area (Å²) in [4.78, 5) is 0. The van der Waals surface area contributed by atoms with E-state index in [1.54, 1.807) is 0 Å². The first-order chi connectivity index (χ1) is 4.81. The fourth-order valence-electron chi connectivity index (χ4n) is 0.873. The summed E-state index contributed by atoms with van der Waals surface area (Å²) >= 11 is 0. The Bertz CT molecular complexity index is 152. The molecule has 0 aromatic heterocycles. The van der Waals surface area contributed by atoms with E-state index >= 15 is 0 Å². The molecule has 1 rings (SSSR count). The zero-order valence-electron chi connectivity index (χ0n) is 6.23. The molecule has 0 aliphatic carbocycles. The van der Waals surface area contributed by atoms with E-state index in [-0.39, 0.29) is 11.2 Å². The van der Waals surface area contributed by atoms with Gasteiger partial charge in [-0.1, -0.05) is 21.6 Å². The number of hydrogen-bond acceptors (Lipinski definition) is 2. The second-order valence-electron chi connectivity index (χ2n) is 3.17. The molecule has 0 saturated carbocycles. The molecule has 0 aromatic carbocycles. The molecule has 1 aliphatic heterocycles. The second-order valence-corrected chi connectivity index (χ2v) is 6.28. The number of halogens is 3. The molecule has 1 saturated heterocycles. The van der Waals surface area contributed by atoms with Crippen LogP contribution in [0.5, 0.6) is 0 Å². The van der Waals surface area contributed by atoms with E-state index in [2.05, 4.69) is 0 Å². The van der Waals surface area contributed by atoms with Crippen molar-refractivity contribution in [3.05, 3.63) is 0 Å². The lowest BCUT2D eigenvalue weighted by molar-refractivity contribution is -0.129. The third kappa shape index (κ3) is 2.47. The lowest BCUT2D eigenvalue weighted by Gasteiger charge is -2.15. The molecule has 0 aromatic rings. The van der Waals surface area contributed by atoms with Crippen molar-refractivity contribution in [2.75, 3.05) is 0 Å². The van der Waals surface area contributed by atoms with E-state index in [9.17, 15) is 13.2 Å². The highest BCUT2D eigenvalue weighted by Gasteiger charge is 2.48. The molecule has 0 nitrogen and oxygen atoms in total. The normalized spacial score (nSPS) is 30.8. The lowest BCUT2D eigenvalue weighted by Crippen LogP contribution is -2.26. The van der Waals surface area contributed by atoms with E-state index in [1.165, 1.54) is 10.8 Å². The lowest BCUT2D eigenvalue weighted by atomic mass is 10.1. The van der Waals surface area contributed by atoms with Crippen molar-refractivity contribution in [2.45, 2.75) is 36.4 Å². The van der Waals surface area contributed by atoms with Crippen molar-refractivity contribution in [3.8, 4) is 0 Å². The average Bonchev–Trinajstić information content (AvgIpc) is 2.07. The number of hydrogen-bond donors (Lipinski definition) is 0. The predicted octanol–water partition coefficient (Wildman–Crippen LogP) is 3.48. The molecule has 11 heavy (non-hydrogen) atoms. The van der Waals surface area contributed by atoms with Crippen LogP contribution in [0.4, 0.5) is 13.2 Å². The van der Waals surface area contributed by atoms with Crippen molar-refractivity contribution in [2.24, 2.45) is 0 Å². The van der Waals surface area contributed by atoms with Gasteiger partial charge in [0.1, 0.15) is 5.25 Å². The molecular weight excluding hydrogens is 193 g/mol. The first kappa shape index (κ1) is 9.58. The first-order valence-electron chi connectivity index (χ1n) is 3.22. The Morgan fingerprint density at radius 3 is 2.09 bits per heavy atom. The average molecular weight is 202 g/mol. The number of alkyl halides is 3. The molecule has 1 aliphatic rings. The van der Waals surface area contributed by atoms with E-state index in [0.717, 1.165) is 10.8 Å². The van der Waals surface area contributed by atoms with Gasteiger partial charge in [0.2, 0.25) is 0 Å². The highest BCUT2D eigenvalue weighted by molar-refractivity contribution is 8.77. The smallest absolute Gasteiger partial charge is 0.170 e. The number of rotatable bonds is 0. The van der Waals surface area contributed by atoms with Gasteiger partial charge in [-0.25, -0.2) is 0 Å². The van der Waals surface area contributed by atoms with Crippen LogP contribution in [-0.4, -0.2) is 16.2 Å². The highest BCUT2D eigenvalue weighted by atomic mass is 33.1. The van der Waals surface area contributed by atoms with Gasteiger partial charge in [-0.3, -0.25) is 0 Å². The predicted molar refractivity (Wildman–Crippen MR) is 43.7 cm³/mol.